The van der Waals surface area contributed by atoms with Crippen molar-refractivity contribution in [1.29, 1.82) is 0 Å². The molecular formula is C17H17F3N2O. The van der Waals surface area contributed by atoms with Crippen molar-refractivity contribution in [3.8, 4) is 0 Å². The van der Waals surface area contributed by atoms with Crippen LogP contribution in [0.15, 0.2) is 22.9 Å². The van der Waals surface area contributed by atoms with Gasteiger partial charge in [0.2, 0.25) is 0 Å². The average Bonchev–Trinajstić information content (AvgIpc) is 3.14. The number of hydrogen-bond donors (Lipinski definition) is 0. The zero-order valence-electron chi connectivity index (χ0n) is 12.6. The number of fused-ring (bicyclic) bond motifs is 2. The summed E-state index contributed by atoms with van der Waals surface area (Å²) in [5, 5.41) is 3.93. The van der Waals surface area contributed by atoms with Gasteiger partial charge in [0.15, 0.2) is 0 Å². The van der Waals surface area contributed by atoms with E-state index in [1.54, 1.807) is 12.3 Å². The zero-order valence-corrected chi connectivity index (χ0v) is 12.6. The number of halogens is 3. The van der Waals surface area contributed by atoms with Gasteiger partial charge in [0.25, 0.3) is 0 Å². The Kier molecular flexibility index (Phi) is 3.44. The first-order valence-electron chi connectivity index (χ1n) is 7.87. The lowest BCUT2D eigenvalue weighted by Gasteiger charge is -2.28. The van der Waals surface area contributed by atoms with E-state index in [9.17, 15) is 13.2 Å². The molecule has 0 spiro atoms. The van der Waals surface area contributed by atoms with Crippen LogP contribution in [0.2, 0.25) is 0 Å². The van der Waals surface area contributed by atoms with Crippen LogP contribution < -0.4 is 0 Å². The molecule has 1 aromatic heterocycles. The third kappa shape index (κ3) is 2.65. The topological polar surface area (TPSA) is 29.3 Å². The van der Waals surface area contributed by atoms with E-state index in [0.717, 1.165) is 48.1 Å². The molecule has 6 heteroatoms. The van der Waals surface area contributed by atoms with Crippen LogP contribution in [0.1, 0.15) is 39.9 Å². The molecule has 0 radical (unpaired) electrons. The number of alkyl halides is 3. The van der Waals surface area contributed by atoms with E-state index < -0.39 is 11.7 Å². The molecule has 122 valence electrons. The first-order chi connectivity index (χ1) is 11.0. The van der Waals surface area contributed by atoms with E-state index in [0.29, 0.717) is 25.2 Å². The molecule has 0 saturated heterocycles. The second-order valence-corrected chi connectivity index (χ2v) is 6.33. The number of aromatic nitrogens is 1. The molecule has 0 fully saturated rings. The van der Waals surface area contributed by atoms with Crippen LogP contribution in [0.25, 0.3) is 0 Å². The monoisotopic (exact) mass is 322 g/mol. The minimum absolute atomic E-state index is 0.336. The summed E-state index contributed by atoms with van der Waals surface area (Å²) in [5.74, 6) is 0. The fourth-order valence-electron chi connectivity index (χ4n) is 3.75. The van der Waals surface area contributed by atoms with Crippen LogP contribution in [-0.4, -0.2) is 16.6 Å². The van der Waals surface area contributed by atoms with Crippen LogP contribution in [0.5, 0.6) is 0 Å². The normalized spacial score (nSPS) is 18.0. The maximum Gasteiger partial charge on any atom is 0.416 e. The quantitative estimate of drug-likeness (QED) is 0.843. The Labute approximate surface area is 132 Å². The fraction of sp³-hybridized carbons (Fsp3) is 0.471. The number of benzene rings is 1. The Morgan fingerprint density at radius 3 is 2.83 bits per heavy atom. The molecule has 2 heterocycles. The molecule has 1 aromatic carbocycles. The molecule has 2 aliphatic rings. The molecule has 4 rings (SSSR count). The van der Waals surface area contributed by atoms with Crippen LogP contribution in [-0.2, 0) is 38.5 Å². The van der Waals surface area contributed by atoms with Gasteiger partial charge in [-0.25, -0.2) is 0 Å². The highest BCUT2D eigenvalue weighted by Gasteiger charge is 2.36. The summed E-state index contributed by atoms with van der Waals surface area (Å²) in [4.78, 5) is 2.06. The van der Waals surface area contributed by atoms with E-state index in [1.165, 1.54) is 6.07 Å². The maximum absolute atomic E-state index is 13.4. The Balaban J connectivity index is 1.67. The molecule has 0 atom stereocenters. The minimum atomic E-state index is -4.30. The van der Waals surface area contributed by atoms with Gasteiger partial charge in [-0.3, -0.25) is 4.90 Å². The predicted octanol–water partition coefficient (Wildman–Crippen LogP) is 3.74. The summed E-state index contributed by atoms with van der Waals surface area (Å²) >= 11 is 0. The smallest absolute Gasteiger partial charge is 0.364 e. The van der Waals surface area contributed by atoms with Crippen LogP contribution in [0.3, 0.4) is 0 Å². The summed E-state index contributed by atoms with van der Waals surface area (Å²) < 4.78 is 45.2. The van der Waals surface area contributed by atoms with E-state index in [2.05, 4.69) is 10.1 Å². The lowest BCUT2D eigenvalue weighted by atomic mass is 9.95. The molecule has 0 amide bonds. The Morgan fingerprint density at radius 2 is 2.00 bits per heavy atom. The molecule has 1 aliphatic carbocycles. The molecule has 0 saturated carbocycles. The molecule has 3 nitrogen and oxygen atoms in total. The Bertz CT molecular complexity index is 736. The van der Waals surface area contributed by atoms with E-state index >= 15 is 0 Å². The third-order valence-corrected chi connectivity index (χ3v) is 4.88. The van der Waals surface area contributed by atoms with Crippen molar-refractivity contribution in [2.24, 2.45) is 0 Å². The van der Waals surface area contributed by atoms with Gasteiger partial charge in [0, 0.05) is 31.6 Å². The highest BCUT2D eigenvalue weighted by Crippen LogP contribution is 2.38. The largest absolute Gasteiger partial charge is 0.416 e. The third-order valence-electron chi connectivity index (χ3n) is 4.88. The van der Waals surface area contributed by atoms with Gasteiger partial charge in [0.1, 0.15) is 6.26 Å². The maximum atomic E-state index is 13.4. The fourth-order valence-corrected chi connectivity index (χ4v) is 3.75. The van der Waals surface area contributed by atoms with Crippen molar-refractivity contribution in [2.75, 3.05) is 6.54 Å². The summed E-state index contributed by atoms with van der Waals surface area (Å²) in [5.41, 5.74) is 3.89. The van der Waals surface area contributed by atoms with Gasteiger partial charge in [-0.2, -0.15) is 13.2 Å². The first kappa shape index (κ1) is 14.8. The van der Waals surface area contributed by atoms with Crippen LogP contribution >= 0.6 is 0 Å². The average molecular weight is 322 g/mol. The van der Waals surface area contributed by atoms with Crippen molar-refractivity contribution in [2.45, 2.75) is 44.9 Å². The molecule has 2 aromatic rings. The number of hydrogen-bond acceptors (Lipinski definition) is 3. The van der Waals surface area contributed by atoms with Crippen molar-refractivity contribution >= 4 is 0 Å². The molecule has 0 unspecified atom stereocenters. The van der Waals surface area contributed by atoms with Gasteiger partial charge < -0.3 is 4.52 Å². The molecule has 0 N–H and O–H groups in total. The number of aryl methyl sites for hydroxylation is 1. The van der Waals surface area contributed by atoms with Gasteiger partial charge in [-0.1, -0.05) is 11.2 Å². The van der Waals surface area contributed by atoms with Crippen molar-refractivity contribution in [3.63, 3.8) is 0 Å². The van der Waals surface area contributed by atoms with Crippen molar-refractivity contribution < 1.29 is 17.7 Å². The second-order valence-electron chi connectivity index (χ2n) is 6.33. The predicted molar refractivity (Wildman–Crippen MR) is 77.8 cm³/mol. The molecule has 0 bridgehead atoms. The van der Waals surface area contributed by atoms with E-state index in [4.69, 9.17) is 4.52 Å². The van der Waals surface area contributed by atoms with Crippen LogP contribution in [0, 0.1) is 0 Å². The zero-order chi connectivity index (χ0) is 16.0. The summed E-state index contributed by atoms with van der Waals surface area (Å²) in [6.07, 6.45) is 0.603. The Hall–Kier alpha value is -1.82. The van der Waals surface area contributed by atoms with E-state index in [1.807, 2.05) is 0 Å². The molecule has 23 heavy (non-hydrogen) atoms. The lowest BCUT2D eigenvalue weighted by molar-refractivity contribution is -0.138. The highest BCUT2D eigenvalue weighted by atomic mass is 19.4. The van der Waals surface area contributed by atoms with Gasteiger partial charge in [0.05, 0.1) is 11.3 Å². The van der Waals surface area contributed by atoms with Crippen molar-refractivity contribution in [1.82, 2.24) is 10.1 Å². The van der Waals surface area contributed by atoms with E-state index in [-0.39, 0.29) is 0 Å². The Morgan fingerprint density at radius 1 is 1.13 bits per heavy atom. The van der Waals surface area contributed by atoms with Gasteiger partial charge >= 0.3 is 6.18 Å². The number of nitrogens with zero attached hydrogens (tertiary/aromatic N) is 2. The molecular weight excluding hydrogens is 305 g/mol. The van der Waals surface area contributed by atoms with Gasteiger partial charge in [-0.15, -0.1) is 0 Å². The SMILES string of the molecule is FC(F)(F)c1ccc2c(c1CN1CCc3nocc3C1)CCC2. The number of rotatable bonds is 2. The van der Waals surface area contributed by atoms with Gasteiger partial charge in [-0.05, 0) is 42.0 Å². The minimum Gasteiger partial charge on any atom is -0.364 e. The summed E-state index contributed by atoms with van der Waals surface area (Å²) in [6.45, 7) is 1.64. The van der Waals surface area contributed by atoms with Crippen LogP contribution in [0.4, 0.5) is 13.2 Å². The standard InChI is InChI=1S/C17H17F3N2O/c18-17(19,20)15-5-4-11-2-1-3-13(11)14(15)9-22-7-6-16-12(8-22)10-23-21-16/h4-5,10H,1-3,6-9H2. The molecule has 1 aliphatic heterocycles. The first-order valence-corrected chi connectivity index (χ1v) is 7.87. The second kappa shape index (κ2) is 5.37. The summed E-state index contributed by atoms with van der Waals surface area (Å²) in [6, 6.07) is 2.91. The van der Waals surface area contributed by atoms with Crippen molar-refractivity contribution in [3.05, 3.63) is 51.9 Å². The lowest BCUT2D eigenvalue weighted by Crippen LogP contribution is -2.31. The highest BCUT2D eigenvalue weighted by molar-refractivity contribution is 5.45. The summed E-state index contributed by atoms with van der Waals surface area (Å²) in [7, 11) is 0.